The zero-order valence-corrected chi connectivity index (χ0v) is 8.44. The van der Waals surface area contributed by atoms with Crippen LogP contribution in [0.4, 0.5) is 0 Å². The van der Waals surface area contributed by atoms with E-state index >= 15 is 0 Å². The third-order valence-electron chi connectivity index (χ3n) is 2.66. The molecule has 2 heterocycles. The van der Waals surface area contributed by atoms with E-state index < -0.39 is 0 Å². The van der Waals surface area contributed by atoms with Gasteiger partial charge in [-0.1, -0.05) is 5.16 Å². The van der Waals surface area contributed by atoms with E-state index in [2.05, 4.69) is 22.1 Å². The second-order valence-electron chi connectivity index (χ2n) is 3.73. The minimum absolute atomic E-state index is 0.314. The largest absolute Gasteiger partial charge is 0.338 e. The van der Waals surface area contributed by atoms with Gasteiger partial charge >= 0.3 is 0 Å². The normalized spacial score (nSPS) is 23.1. The standard InChI is InChI=1S/C9H16N4O/c1-13-6-2-3-7(13)9-11-8(4-5-10)12-14-9/h7H,2-6,10H2,1H3/t7-/m1/s1. The molecule has 0 bridgehead atoms. The number of nitrogens with two attached hydrogens (primary N) is 1. The van der Waals surface area contributed by atoms with Crippen molar-refractivity contribution >= 4 is 0 Å². The highest BCUT2D eigenvalue weighted by atomic mass is 16.5. The molecule has 1 aliphatic heterocycles. The van der Waals surface area contributed by atoms with Crippen molar-refractivity contribution in [3.8, 4) is 0 Å². The lowest BCUT2D eigenvalue weighted by molar-refractivity contribution is 0.244. The number of aromatic nitrogens is 2. The summed E-state index contributed by atoms with van der Waals surface area (Å²) in [4.78, 5) is 6.58. The van der Waals surface area contributed by atoms with Gasteiger partial charge in [0.1, 0.15) is 0 Å². The molecule has 5 nitrogen and oxygen atoms in total. The fourth-order valence-corrected chi connectivity index (χ4v) is 1.86. The molecule has 0 radical (unpaired) electrons. The van der Waals surface area contributed by atoms with Gasteiger partial charge in [0.15, 0.2) is 5.82 Å². The minimum atomic E-state index is 0.314. The molecule has 0 spiro atoms. The molecule has 1 aliphatic rings. The van der Waals surface area contributed by atoms with E-state index in [1.807, 2.05) is 0 Å². The van der Waals surface area contributed by atoms with Crippen LogP contribution in [0.2, 0.25) is 0 Å². The van der Waals surface area contributed by atoms with E-state index in [4.69, 9.17) is 10.3 Å². The zero-order valence-electron chi connectivity index (χ0n) is 8.44. The van der Waals surface area contributed by atoms with E-state index in [1.54, 1.807) is 0 Å². The van der Waals surface area contributed by atoms with Crippen molar-refractivity contribution in [3.63, 3.8) is 0 Å². The van der Waals surface area contributed by atoms with Gasteiger partial charge in [-0.25, -0.2) is 0 Å². The molecule has 5 heteroatoms. The smallest absolute Gasteiger partial charge is 0.243 e. The Kier molecular flexibility index (Phi) is 2.79. The predicted octanol–water partition coefficient (Wildman–Crippen LogP) is 0.338. The van der Waals surface area contributed by atoms with Crippen molar-refractivity contribution in [2.75, 3.05) is 20.1 Å². The topological polar surface area (TPSA) is 68.2 Å². The number of nitrogens with zero attached hydrogens (tertiary/aromatic N) is 3. The molecule has 78 valence electrons. The number of likely N-dealkylation sites (tertiary alicyclic amines) is 1. The Morgan fingerprint density at radius 2 is 2.50 bits per heavy atom. The van der Waals surface area contributed by atoms with Crippen LogP contribution in [0.3, 0.4) is 0 Å². The van der Waals surface area contributed by atoms with E-state index in [-0.39, 0.29) is 0 Å². The first-order chi connectivity index (χ1) is 6.81. The SMILES string of the molecule is CN1CCC[C@@H]1c1nc(CCN)no1. The molecule has 0 amide bonds. The van der Waals surface area contributed by atoms with Crippen molar-refractivity contribution < 1.29 is 4.52 Å². The molecule has 1 aromatic heterocycles. The van der Waals surface area contributed by atoms with E-state index in [0.29, 0.717) is 19.0 Å². The lowest BCUT2D eigenvalue weighted by Gasteiger charge is -2.14. The summed E-state index contributed by atoms with van der Waals surface area (Å²) in [6.07, 6.45) is 3.01. The second kappa shape index (κ2) is 4.06. The first-order valence-corrected chi connectivity index (χ1v) is 5.04. The Morgan fingerprint density at radius 1 is 1.64 bits per heavy atom. The van der Waals surface area contributed by atoms with Crippen LogP contribution in [-0.4, -0.2) is 35.2 Å². The highest BCUT2D eigenvalue weighted by molar-refractivity contribution is 4.96. The molecule has 1 fully saturated rings. The van der Waals surface area contributed by atoms with Gasteiger partial charge in [0.05, 0.1) is 6.04 Å². The number of hydrogen-bond acceptors (Lipinski definition) is 5. The summed E-state index contributed by atoms with van der Waals surface area (Å²) in [5.74, 6) is 1.47. The van der Waals surface area contributed by atoms with E-state index in [1.165, 1.54) is 6.42 Å². The third kappa shape index (κ3) is 1.78. The monoisotopic (exact) mass is 196 g/mol. The maximum atomic E-state index is 5.42. The van der Waals surface area contributed by atoms with Crippen LogP contribution in [0.15, 0.2) is 4.52 Å². The van der Waals surface area contributed by atoms with Crippen LogP contribution in [0.1, 0.15) is 30.6 Å². The first kappa shape index (κ1) is 9.61. The summed E-state index contributed by atoms with van der Waals surface area (Å²) in [6, 6.07) is 0.314. The van der Waals surface area contributed by atoms with Gasteiger partial charge in [-0.05, 0) is 33.0 Å². The van der Waals surface area contributed by atoms with Crippen LogP contribution in [0, 0.1) is 0 Å². The maximum absolute atomic E-state index is 5.42. The van der Waals surface area contributed by atoms with E-state index in [0.717, 1.165) is 24.7 Å². The van der Waals surface area contributed by atoms with Gasteiger partial charge in [-0.3, -0.25) is 4.90 Å². The Balaban J connectivity index is 2.08. The van der Waals surface area contributed by atoms with Crippen LogP contribution in [0.25, 0.3) is 0 Å². The maximum Gasteiger partial charge on any atom is 0.243 e. The Morgan fingerprint density at radius 3 is 3.14 bits per heavy atom. The molecule has 1 aromatic rings. The summed E-state index contributed by atoms with van der Waals surface area (Å²) in [6.45, 7) is 1.68. The lowest BCUT2D eigenvalue weighted by atomic mass is 10.2. The van der Waals surface area contributed by atoms with Gasteiger partial charge < -0.3 is 10.3 Å². The second-order valence-corrected chi connectivity index (χ2v) is 3.73. The number of hydrogen-bond donors (Lipinski definition) is 1. The van der Waals surface area contributed by atoms with Crippen molar-refractivity contribution in [1.29, 1.82) is 0 Å². The predicted molar refractivity (Wildman–Crippen MR) is 51.7 cm³/mol. The van der Waals surface area contributed by atoms with Crippen molar-refractivity contribution in [1.82, 2.24) is 15.0 Å². The first-order valence-electron chi connectivity index (χ1n) is 5.04. The summed E-state index contributed by atoms with van der Waals surface area (Å²) in [7, 11) is 2.09. The van der Waals surface area contributed by atoms with Gasteiger partial charge in [-0.15, -0.1) is 0 Å². The molecule has 0 aromatic carbocycles. The van der Waals surface area contributed by atoms with Crippen molar-refractivity contribution in [2.45, 2.75) is 25.3 Å². The van der Waals surface area contributed by atoms with Crippen LogP contribution >= 0.6 is 0 Å². The molecule has 0 saturated carbocycles. The number of rotatable bonds is 3. The Hall–Kier alpha value is -0.940. The van der Waals surface area contributed by atoms with Crippen LogP contribution in [0.5, 0.6) is 0 Å². The summed E-state index contributed by atoms with van der Waals surface area (Å²) >= 11 is 0. The molecule has 0 aliphatic carbocycles. The lowest BCUT2D eigenvalue weighted by Crippen LogP contribution is -2.17. The van der Waals surface area contributed by atoms with Gasteiger partial charge in [0.25, 0.3) is 0 Å². The molecule has 1 atom stereocenters. The average Bonchev–Trinajstić information content (AvgIpc) is 2.74. The van der Waals surface area contributed by atoms with Crippen molar-refractivity contribution in [3.05, 3.63) is 11.7 Å². The fraction of sp³-hybridized carbons (Fsp3) is 0.778. The molecular formula is C9H16N4O. The van der Waals surface area contributed by atoms with E-state index in [9.17, 15) is 0 Å². The van der Waals surface area contributed by atoms with Crippen LogP contribution < -0.4 is 5.73 Å². The summed E-state index contributed by atoms with van der Waals surface area (Å²) < 4.78 is 5.21. The minimum Gasteiger partial charge on any atom is -0.338 e. The molecule has 1 saturated heterocycles. The molecule has 14 heavy (non-hydrogen) atoms. The summed E-state index contributed by atoms with van der Waals surface area (Å²) in [5.41, 5.74) is 5.42. The molecule has 2 rings (SSSR count). The van der Waals surface area contributed by atoms with Gasteiger partial charge in [-0.2, -0.15) is 4.98 Å². The highest BCUT2D eigenvalue weighted by Crippen LogP contribution is 2.28. The van der Waals surface area contributed by atoms with Gasteiger partial charge in [0, 0.05) is 6.42 Å². The quantitative estimate of drug-likeness (QED) is 0.755. The Bertz CT molecular complexity index is 299. The summed E-state index contributed by atoms with van der Waals surface area (Å²) in [5, 5.41) is 3.89. The Labute approximate surface area is 83.3 Å². The zero-order chi connectivity index (χ0) is 9.97. The van der Waals surface area contributed by atoms with Gasteiger partial charge in [0.2, 0.25) is 5.89 Å². The third-order valence-corrected chi connectivity index (χ3v) is 2.66. The molecule has 2 N–H and O–H groups in total. The van der Waals surface area contributed by atoms with Crippen molar-refractivity contribution in [2.24, 2.45) is 5.73 Å². The fourth-order valence-electron chi connectivity index (χ4n) is 1.86. The molecule has 0 unspecified atom stereocenters. The van der Waals surface area contributed by atoms with Crippen LogP contribution in [-0.2, 0) is 6.42 Å². The average molecular weight is 196 g/mol. The highest BCUT2D eigenvalue weighted by Gasteiger charge is 2.27. The molecular weight excluding hydrogens is 180 g/mol.